The second-order valence-electron chi connectivity index (χ2n) is 6.42. The number of nitrogens with one attached hydrogen (secondary N) is 2. The standard InChI is InChI=1S/C15H32N4O/c1-6-16-14(18-15(2,3)4)17-12-13-8-7-9-19(13)10-11-20-5/h13H,6-12H2,1-5H3,(H2,16,17,18). The van der Waals surface area contributed by atoms with Gasteiger partial charge in [-0.1, -0.05) is 0 Å². The van der Waals surface area contributed by atoms with Crippen LogP contribution >= 0.6 is 0 Å². The monoisotopic (exact) mass is 284 g/mol. The fraction of sp³-hybridized carbons (Fsp3) is 0.933. The van der Waals surface area contributed by atoms with Gasteiger partial charge in [0.2, 0.25) is 0 Å². The lowest BCUT2D eigenvalue weighted by atomic mass is 10.1. The van der Waals surface area contributed by atoms with Crippen LogP contribution in [0.4, 0.5) is 0 Å². The van der Waals surface area contributed by atoms with Crippen LogP contribution < -0.4 is 10.6 Å². The maximum atomic E-state index is 5.18. The first kappa shape index (κ1) is 17.2. The van der Waals surface area contributed by atoms with Gasteiger partial charge in [-0.25, -0.2) is 0 Å². The molecule has 0 aromatic carbocycles. The molecule has 0 aromatic heterocycles. The van der Waals surface area contributed by atoms with Crippen molar-refractivity contribution in [1.82, 2.24) is 15.5 Å². The number of hydrogen-bond acceptors (Lipinski definition) is 3. The van der Waals surface area contributed by atoms with Gasteiger partial charge in [0, 0.05) is 31.8 Å². The summed E-state index contributed by atoms with van der Waals surface area (Å²) >= 11 is 0. The maximum absolute atomic E-state index is 5.18. The van der Waals surface area contributed by atoms with Crippen LogP contribution in [-0.4, -0.2) is 62.3 Å². The summed E-state index contributed by atoms with van der Waals surface area (Å²) in [7, 11) is 1.76. The Morgan fingerprint density at radius 3 is 2.75 bits per heavy atom. The molecule has 0 spiro atoms. The molecule has 0 saturated carbocycles. The molecule has 0 bridgehead atoms. The number of ether oxygens (including phenoxy) is 1. The van der Waals surface area contributed by atoms with E-state index in [9.17, 15) is 0 Å². The molecule has 1 atom stereocenters. The van der Waals surface area contributed by atoms with E-state index in [4.69, 9.17) is 9.73 Å². The van der Waals surface area contributed by atoms with E-state index < -0.39 is 0 Å². The average molecular weight is 284 g/mol. The zero-order valence-electron chi connectivity index (χ0n) is 13.8. The van der Waals surface area contributed by atoms with Crippen molar-refractivity contribution in [2.24, 2.45) is 4.99 Å². The molecule has 0 radical (unpaired) electrons. The van der Waals surface area contributed by atoms with Crippen LogP contribution in [-0.2, 0) is 4.74 Å². The highest BCUT2D eigenvalue weighted by Gasteiger charge is 2.24. The van der Waals surface area contributed by atoms with Crippen LogP contribution in [0.5, 0.6) is 0 Å². The fourth-order valence-corrected chi connectivity index (χ4v) is 2.46. The first-order chi connectivity index (χ1) is 9.46. The van der Waals surface area contributed by atoms with Crippen LogP contribution in [0.25, 0.3) is 0 Å². The van der Waals surface area contributed by atoms with Crippen LogP contribution in [0.15, 0.2) is 4.99 Å². The predicted octanol–water partition coefficient (Wildman–Crippen LogP) is 1.45. The second kappa shape index (κ2) is 8.47. The highest BCUT2D eigenvalue weighted by molar-refractivity contribution is 5.80. The number of guanidine groups is 1. The third-order valence-electron chi connectivity index (χ3n) is 3.38. The molecule has 20 heavy (non-hydrogen) atoms. The van der Waals surface area contributed by atoms with Crippen LogP contribution in [0.2, 0.25) is 0 Å². The molecule has 1 rings (SSSR count). The summed E-state index contributed by atoms with van der Waals surface area (Å²) in [6.07, 6.45) is 2.51. The molecule has 5 nitrogen and oxygen atoms in total. The van der Waals surface area contributed by atoms with E-state index in [1.54, 1.807) is 7.11 Å². The van der Waals surface area contributed by atoms with Gasteiger partial charge in [-0.15, -0.1) is 0 Å². The second-order valence-corrected chi connectivity index (χ2v) is 6.42. The summed E-state index contributed by atoms with van der Waals surface area (Å²) in [5.74, 6) is 0.915. The van der Waals surface area contributed by atoms with Crippen molar-refractivity contribution in [2.75, 3.05) is 39.9 Å². The highest BCUT2D eigenvalue weighted by Crippen LogP contribution is 2.16. The van der Waals surface area contributed by atoms with E-state index >= 15 is 0 Å². The summed E-state index contributed by atoms with van der Waals surface area (Å²) in [5.41, 5.74) is 0.0341. The van der Waals surface area contributed by atoms with Crippen molar-refractivity contribution < 1.29 is 4.74 Å². The van der Waals surface area contributed by atoms with Gasteiger partial charge in [0.1, 0.15) is 0 Å². The Labute approximate surface area is 124 Å². The van der Waals surface area contributed by atoms with Crippen molar-refractivity contribution in [3.8, 4) is 0 Å². The molecule has 1 unspecified atom stereocenters. The van der Waals surface area contributed by atoms with Crippen molar-refractivity contribution in [3.05, 3.63) is 0 Å². The molecule has 1 aliphatic rings. The van der Waals surface area contributed by atoms with E-state index in [0.29, 0.717) is 6.04 Å². The molecule has 0 aliphatic carbocycles. The van der Waals surface area contributed by atoms with Crippen molar-refractivity contribution in [2.45, 2.75) is 52.1 Å². The molecule has 1 heterocycles. The number of aliphatic imine (C=N–C) groups is 1. The fourth-order valence-electron chi connectivity index (χ4n) is 2.46. The molecular formula is C15H32N4O. The van der Waals surface area contributed by atoms with E-state index in [2.05, 4.69) is 43.2 Å². The van der Waals surface area contributed by atoms with E-state index in [0.717, 1.165) is 32.2 Å². The van der Waals surface area contributed by atoms with E-state index in [1.165, 1.54) is 19.4 Å². The molecule has 2 N–H and O–H groups in total. The van der Waals surface area contributed by atoms with Gasteiger partial charge in [-0.2, -0.15) is 0 Å². The summed E-state index contributed by atoms with van der Waals surface area (Å²) in [5, 5.41) is 6.75. The molecular weight excluding hydrogens is 252 g/mol. The Balaban J connectivity index is 2.52. The Bertz CT molecular complexity index is 299. The van der Waals surface area contributed by atoms with Gasteiger partial charge in [0.15, 0.2) is 5.96 Å². The minimum absolute atomic E-state index is 0.0341. The lowest BCUT2D eigenvalue weighted by Crippen LogP contribution is -2.48. The normalized spacial score (nSPS) is 21.2. The SMILES string of the molecule is CCNC(=NCC1CCCN1CCOC)NC(C)(C)C. The van der Waals surface area contributed by atoms with Gasteiger partial charge in [-0.3, -0.25) is 9.89 Å². The van der Waals surface area contributed by atoms with Gasteiger partial charge in [0.05, 0.1) is 13.2 Å². The number of hydrogen-bond donors (Lipinski definition) is 2. The zero-order chi connectivity index (χ0) is 15.0. The van der Waals surface area contributed by atoms with Crippen LogP contribution in [0, 0.1) is 0 Å². The molecule has 1 fully saturated rings. The summed E-state index contributed by atoms with van der Waals surface area (Å²) in [6, 6.07) is 0.556. The Hall–Kier alpha value is -0.810. The first-order valence-electron chi connectivity index (χ1n) is 7.75. The first-order valence-corrected chi connectivity index (χ1v) is 7.75. The summed E-state index contributed by atoms with van der Waals surface area (Å²) in [6.45, 7) is 13.3. The molecule has 1 aliphatic heterocycles. The van der Waals surface area contributed by atoms with Crippen LogP contribution in [0.3, 0.4) is 0 Å². The highest BCUT2D eigenvalue weighted by atomic mass is 16.5. The van der Waals surface area contributed by atoms with Crippen LogP contribution in [0.1, 0.15) is 40.5 Å². The topological polar surface area (TPSA) is 48.9 Å². The van der Waals surface area contributed by atoms with Gasteiger partial charge in [-0.05, 0) is 47.1 Å². The average Bonchev–Trinajstić information content (AvgIpc) is 2.79. The number of rotatable bonds is 6. The molecule has 118 valence electrons. The van der Waals surface area contributed by atoms with Gasteiger partial charge in [0.25, 0.3) is 0 Å². The largest absolute Gasteiger partial charge is 0.383 e. The lowest BCUT2D eigenvalue weighted by Gasteiger charge is -2.26. The Kier molecular flexibility index (Phi) is 7.30. The molecule has 0 amide bonds. The third-order valence-corrected chi connectivity index (χ3v) is 3.38. The van der Waals surface area contributed by atoms with Crippen molar-refractivity contribution >= 4 is 5.96 Å². The van der Waals surface area contributed by atoms with Crippen molar-refractivity contribution in [3.63, 3.8) is 0 Å². The van der Waals surface area contributed by atoms with E-state index in [1.807, 2.05) is 0 Å². The molecule has 0 aromatic rings. The number of likely N-dealkylation sites (tertiary alicyclic amines) is 1. The molecule has 5 heteroatoms. The van der Waals surface area contributed by atoms with Gasteiger partial charge < -0.3 is 15.4 Å². The Morgan fingerprint density at radius 1 is 1.40 bits per heavy atom. The lowest BCUT2D eigenvalue weighted by molar-refractivity contribution is 0.142. The van der Waals surface area contributed by atoms with E-state index in [-0.39, 0.29) is 5.54 Å². The maximum Gasteiger partial charge on any atom is 0.191 e. The quantitative estimate of drug-likeness (QED) is 0.572. The predicted molar refractivity (Wildman–Crippen MR) is 85.3 cm³/mol. The number of methoxy groups -OCH3 is 1. The van der Waals surface area contributed by atoms with Crippen molar-refractivity contribution in [1.29, 1.82) is 0 Å². The Morgan fingerprint density at radius 2 is 2.15 bits per heavy atom. The van der Waals surface area contributed by atoms with Gasteiger partial charge >= 0.3 is 0 Å². The third kappa shape index (κ3) is 6.57. The minimum atomic E-state index is 0.0341. The number of nitrogens with zero attached hydrogens (tertiary/aromatic N) is 2. The zero-order valence-corrected chi connectivity index (χ0v) is 13.8. The minimum Gasteiger partial charge on any atom is -0.383 e. The summed E-state index contributed by atoms with van der Waals surface area (Å²) in [4.78, 5) is 7.24. The summed E-state index contributed by atoms with van der Waals surface area (Å²) < 4.78 is 5.18. The molecule has 1 saturated heterocycles. The smallest absolute Gasteiger partial charge is 0.191 e.